The minimum atomic E-state index is -0.710. The molecule has 0 bridgehead atoms. The number of thiophene rings is 1. The number of nitrogens with zero attached hydrogens (tertiary/aromatic N) is 3. The zero-order valence-corrected chi connectivity index (χ0v) is 16.3. The molecule has 0 unspecified atom stereocenters. The summed E-state index contributed by atoms with van der Waals surface area (Å²) in [6.07, 6.45) is 2.47. The normalized spacial score (nSPS) is 18.4. The van der Waals surface area contributed by atoms with Crippen LogP contribution in [-0.2, 0) is 16.0 Å². The van der Waals surface area contributed by atoms with Crippen LogP contribution in [0.25, 0.3) is 0 Å². The molecule has 4 rings (SSSR count). The van der Waals surface area contributed by atoms with E-state index in [1.165, 1.54) is 0 Å². The molecule has 0 atom stereocenters. The summed E-state index contributed by atoms with van der Waals surface area (Å²) in [7, 11) is 0. The lowest BCUT2D eigenvalue weighted by Crippen LogP contribution is -3.16. The van der Waals surface area contributed by atoms with Gasteiger partial charge in [0.1, 0.15) is 26.2 Å². The standard InChI is InChI=1S/C19H21N5O3S/c25-17-18(26)24(19(27)23(17)8-6-15-4-3-13-28-15)14-21-9-11-22(12-10-21)16-5-1-2-7-20-16/h1-5,7,13H,6,8-12,14H2/p+2. The fourth-order valence-corrected chi connectivity index (χ4v) is 4.29. The molecule has 2 saturated heterocycles. The lowest BCUT2D eigenvalue weighted by atomic mass is 10.3. The predicted octanol–water partition coefficient (Wildman–Crippen LogP) is -0.742. The molecular weight excluding hydrogens is 378 g/mol. The number of hydrogen-bond donors (Lipinski definition) is 1. The van der Waals surface area contributed by atoms with E-state index in [-0.39, 0.29) is 13.2 Å². The molecule has 2 aliphatic heterocycles. The number of nitrogens with one attached hydrogen (secondary N) is 2. The summed E-state index contributed by atoms with van der Waals surface area (Å²) < 4.78 is 0. The molecule has 2 aromatic heterocycles. The van der Waals surface area contributed by atoms with Gasteiger partial charge in [0.05, 0.1) is 6.20 Å². The van der Waals surface area contributed by atoms with E-state index in [1.54, 1.807) is 11.3 Å². The number of quaternary nitrogens is 1. The average molecular weight is 401 g/mol. The number of urea groups is 1. The molecule has 8 nitrogen and oxygen atoms in total. The van der Waals surface area contributed by atoms with Crippen molar-refractivity contribution < 1.29 is 24.3 Å². The molecule has 2 aliphatic rings. The third-order valence-corrected chi connectivity index (χ3v) is 6.12. The van der Waals surface area contributed by atoms with Crippen LogP contribution in [0, 0.1) is 0 Å². The van der Waals surface area contributed by atoms with Crippen molar-refractivity contribution in [3.8, 4) is 0 Å². The van der Waals surface area contributed by atoms with E-state index in [4.69, 9.17) is 0 Å². The third-order valence-electron chi connectivity index (χ3n) is 5.18. The van der Waals surface area contributed by atoms with E-state index in [1.807, 2.05) is 41.9 Å². The summed E-state index contributed by atoms with van der Waals surface area (Å²) in [5, 5.41) is 1.95. The van der Waals surface area contributed by atoms with Gasteiger partial charge in [0.25, 0.3) is 5.82 Å². The second-order valence-electron chi connectivity index (χ2n) is 6.94. The number of H-pyrrole nitrogens is 1. The van der Waals surface area contributed by atoms with Gasteiger partial charge >= 0.3 is 17.8 Å². The van der Waals surface area contributed by atoms with Crippen LogP contribution in [0.15, 0.2) is 41.9 Å². The van der Waals surface area contributed by atoms with Crippen LogP contribution in [0.4, 0.5) is 10.6 Å². The Bertz CT molecular complexity index is 850. The van der Waals surface area contributed by atoms with Crippen molar-refractivity contribution in [3.63, 3.8) is 0 Å². The van der Waals surface area contributed by atoms with E-state index >= 15 is 0 Å². The first-order valence-corrected chi connectivity index (χ1v) is 10.3. The van der Waals surface area contributed by atoms with E-state index in [9.17, 15) is 14.4 Å². The van der Waals surface area contributed by atoms with Gasteiger partial charge < -0.3 is 4.90 Å². The first-order valence-electron chi connectivity index (χ1n) is 9.38. The molecule has 0 saturated carbocycles. The fourth-order valence-electron chi connectivity index (χ4n) is 3.59. The maximum atomic E-state index is 12.6. The molecule has 0 aliphatic carbocycles. The van der Waals surface area contributed by atoms with Crippen LogP contribution in [0.1, 0.15) is 4.88 Å². The number of carbonyl (C=O) groups is 3. The van der Waals surface area contributed by atoms with Gasteiger partial charge in [-0.15, -0.1) is 11.3 Å². The Morgan fingerprint density at radius 3 is 2.46 bits per heavy atom. The number of pyridine rings is 1. The molecule has 9 heteroatoms. The van der Waals surface area contributed by atoms with Crippen LogP contribution in [0.2, 0.25) is 0 Å². The number of piperazine rings is 1. The number of imide groups is 2. The topological polar surface area (TPSA) is 79.5 Å². The third kappa shape index (κ3) is 3.76. The van der Waals surface area contributed by atoms with Crippen LogP contribution >= 0.6 is 11.3 Å². The lowest BCUT2D eigenvalue weighted by Gasteiger charge is -2.29. The highest BCUT2D eigenvalue weighted by Crippen LogP contribution is 2.15. The first-order chi connectivity index (χ1) is 13.6. The largest absolute Gasteiger partial charge is 0.338 e. The monoisotopic (exact) mass is 401 g/mol. The molecular formula is C19H23N5O3S+2. The molecule has 28 heavy (non-hydrogen) atoms. The smallest absolute Gasteiger partial charge is 0.311 e. The average Bonchev–Trinajstić information content (AvgIpc) is 3.32. The Morgan fingerprint density at radius 1 is 1.00 bits per heavy atom. The van der Waals surface area contributed by atoms with Gasteiger partial charge in [-0.2, -0.15) is 0 Å². The Kier molecular flexibility index (Phi) is 5.36. The number of rotatable bonds is 6. The number of aromatic nitrogens is 1. The Morgan fingerprint density at radius 2 is 1.79 bits per heavy atom. The summed E-state index contributed by atoms with van der Waals surface area (Å²) in [6, 6.07) is 9.37. The van der Waals surface area contributed by atoms with Crippen molar-refractivity contribution in [1.29, 1.82) is 0 Å². The molecule has 0 aromatic carbocycles. The van der Waals surface area contributed by atoms with Gasteiger partial charge in [-0.3, -0.25) is 19.4 Å². The molecule has 4 heterocycles. The molecule has 146 valence electrons. The number of carbonyl (C=O) groups excluding carboxylic acids is 3. The summed E-state index contributed by atoms with van der Waals surface area (Å²) in [5.74, 6) is -0.356. The maximum absolute atomic E-state index is 12.6. The highest BCUT2D eigenvalue weighted by atomic mass is 32.1. The van der Waals surface area contributed by atoms with Crippen LogP contribution in [0.3, 0.4) is 0 Å². The first kappa shape index (κ1) is 18.6. The van der Waals surface area contributed by atoms with Crippen molar-refractivity contribution in [2.75, 3.05) is 44.3 Å². The molecule has 0 radical (unpaired) electrons. The summed E-state index contributed by atoms with van der Waals surface area (Å²) in [4.78, 5) is 47.1. The van der Waals surface area contributed by atoms with E-state index in [0.29, 0.717) is 6.42 Å². The van der Waals surface area contributed by atoms with Crippen molar-refractivity contribution in [2.24, 2.45) is 0 Å². The number of hydrogen-bond acceptors (Lipinski definition) is 5. The molecule has 2 aromatic rings. The zero-order chi connectivity index (χ0) is 19.5. The van der Waals surface area contributed by atoms with Gasteiger partial charge in [-0.05, 0) is 17.5 Å². The van der Waals surface area contributed by atoms with E-state index in [0.717, 1.165) is 51.6 Å². The van der Waals surface area contributed by atoms with E-state index < -0.39 is 17.8 Å². The highest BCUT2D eigenvalue weighted by Gasteiger charge is 2.46. The van der Waals surface area contributed by atoms with Gasteiger partial charge in [-0.1, -0.05) is 12.1 Å². The number of aromatic amines is 1. The minimum Gasteiger partial charge on any atom is -0.311 e. The summed E-state index contributed by atoms with van der Waals surface area (Å²) in [6.45, 7) is 3.72. The second-order valence-corrected chi connectivity index (χ2v) is 7.98. The van der Waals surface area contributed by atoms with Crippen LogP contribution in [-0.4, -0.2) is 67.0 Å². The van der Waals surface area contributed by atoms with Crippen molar-refractivity contribution in [3.05, 3.63) is 46.8 Å². The summed E-state index contributed by atoms with van der Waals surface area (Å²) >= 11 is 1.58. The van der Waals surface area contributed by atoms with Crippen molar-refractivity contribution in [1.82, 2.24) is 9.80 Å². The van der Waals surface area contributed by atoms with Gasteiger partial charge in [0.2, 0.25) is 0 Å². The quantitative estimate of drug-likeness (QED) is 0.511. The van der Waals surface area contributed by atoms with Gasteiger partial charge in [0.15, 0.2) is 6.67 Å². The predicted molar refractivity (Wildman–Crippen MR) is 103 cm³/mol. The Balaban J connectivity index is 1.32. The summed E-state index contributed by atoms with van der Waals surface area (Å²) in [5.41, 5.74) is 0. The second kappa shape index (κ2) is 8.07. The molecule has 0 spiro atoms. The highest BCUT2D eigenvalue weighted by molar-refractivity contribution is 7.09. The SMILES string of the molecule is O=C1C(=O)N(C[NH+]2CCN(c3cccc[nH+]3)CC2)C(=O)N1CCc1cccs1. The van der Waals surface area contributed by atoms with Crippen molar-refractivity contribution in [2.45, 2.75) is 6.42 Å². The fraction of sp³-hybridized carbons (Fsp3) is 0.368. The van der Waals surface area contributed by atoms with Crippen molar-refractivity contribution >= 4 is 35.0 Å². The lowest BCUT2D eigenvalue weighted by molar-refractivity contribution is -0.908. The van der Waals surface area contributed by atoms with Crippen LogP contribution < -0.4 is 14.8 Å². The molecule has 2 fully saturated rings. The zero-order valence-electron chi connectivity index (χ0n) is 15.5. The van der Waals surface area contributed by atoms with Gasteiger partial charge in [-0.25, -0.2) is 14.7 Å². The molecule has 2 N–H and O–H groups in total. The molecule has 4 amide bonds. The number of amides is 4. The maximum Gasteiger partial charge on any atom is 0.338 e. The van der Waals surface area contributed by atoms with Gasteiger partial charge in [0, 0.05) is 23.9 Å². The van der Waals surface area contributed by atoms with Crippen LogP contribution in [0.5, 0.6) is 0 Å². The Labute approximate surface area is 167 Å². The Hall–Kier alpha value is -2.78. The minimum absolute atomic E-state index is 0.241. The number of anilines is 1. The van der Waals surface area contributed by atoms with E-state index in [2.05, 4.69) is 9.88 Å².